The molecule has 3 heterocycles. The lowest BCUT2D eigenvalue weighted by atomic mass is 10.2. The first-order chi connectivity index (χ1) is 13.6. The number of aliphatic hydroxyl groups excluding tert-OH is 1. The van der Waals surface area contributed by atoms with Crippen LogP contribution >= 0.6 is 11.3 Å². The molecule has 2 amide bonds. The van der Waals surface area contributed by atoms with Gasteiger partial charge in [0.2, 0.25) is 0 Å². The van der Waals surface area contributed by atoms with E-state index in [9.17, 15) is 14.7 Å². The highest BCUT2D eigenvalue weighted by Crippen LogP contribution is 2.21. The topological polar surface area (TPSA) is 109 Å². The van der Waals surface area contributed by atoms with Crippen molar-refractivity contribution < 1.29 is 14.7 Å². The van der Waals surface area contributed by atoms with Crippen LogP contribution in [0.25, 0.3) is 11.3 Å². The summed E-state index contributed by atoms with van der Waals surface area (Å²) in [6.45, 7) is 0.753. The van der Waals surface area contributed by atoms with Crippen LogP contribution in [0.5, 0.6) is 0 Å². The van der Waals surface area contributed by atoms with E-state index in [1.54, 1.807) is 11.3 Å². The zero-order valence-corrected chi connectivity index (χ0v) is 15.8. The molecule has 0 fully saturated rings. The van der Waals surface area contributed by atoms with Crippen molar-refractivity contribution in [2.24, 2.45) is 0 Å². The molecular weight excluding hydrogens is 378 g/mol. The van der Waals surface area contributed by atoms with Crippen LogP contribution in [0.1, 0.15) is 26.0 Å². The lowest BCUT2D eigenvalue weighted by Crippen LogP contribution is -2.30. The molecule has 144 valence electrons. The van der Waals surface area contributed by atoms with Gasteiger partial charge < -0.3 is 15.7 Å². The number of aromatic nitrogens is 3. The molecule has 0 spiro atoms. The Labute approximate surface area is 165 Å². The summed E-state index contributed by atoms with van der Waals surface area (Å²) in [5.74, 6) is -0.706. The Balaban J connectivity index is 1.35. The molecule has 3 aromatic rings. The number of rotatable bonds is 5. The number of benzene rings is 1. The van der Waals surface area contributed by atoms with Crippen molar-refractivity contribution in [2.45, 2.75) is 19.1 Å². The molecule has 3 N–H and O–H groups in total. The van der Waals surface area contributed by atoms with Crippen molar-refractivity contribution in [2.75, 3.05) is 13.1 Å². The second-order valence-corrected chi connectivity index (χ2v) is 7.40. The molecule has 1 atom stereocenters. The number of carbonyl (C=O) groups excluding carboxylic acids is 2. The van der Waals surface area contributed by atoms with Crippen molar-refractivity contribution in [3.8, 4) is 11.3 Å². The normalized spacial score (nSPS) is 16.2. The zero-order chi connectivity index (χ0) is 19.5. The van der Waals surface area contributed by atoms with Gasteiger partial charge in [0, 0.05) is 36.5 Å². The average molecular weight is 397 g/mol. The lowest BCUT2D eigenvalue weighted by Gasteiger charge is -2.06. The Bertz CT molecular complexity index is 998. The van der Waals surface area contributed by atoms with Crippen LogP contribution in [-0.2, 0) is 13.0 Å². The van der Waals surface area contributed by atoms with Gasteiger partial charge in [0.05, 0.1) is 23.4 Å². The number of aliphatic hydroxyl groups is 1. The highest BCUT2D eigenvalue weighted by Gasteiger charge is 2.24. The molecule has 1 aliphatic rings. The second kappa shape index (κ2) is 7.91. The molecule has 0 saturated carbocycles. The molecule has 0 aliphatic carbocycles. The largest absolute Gasteiger partial charge is 0.389 e. The van der Waals surface area contributed by atoms with Crippen LogP contribution in [0, 0.1) is 0 Å². The number of amides is 2. The predicted octanol–water partition coefficient (Wildman–Crippen LogP) is 1.08. The summed E-state index contributed by atoms with van der Waals surface area (Å²) in [4.78, 5) is 28.9. The molecule has 9 heteroatoms. The number of thiazole rings is 1. The quantitative estimate of drug-likeness (QED) is 0.597. The van der Waals surface area contributed by atoms with Gasteiger partial charge in [-0.3, -0.25) is 14.3 Å². The van der Waals surface area contributed by atoms with Crippen LogP contribution in [0.3, 0.4) is 0 Å². The van der Waals surface area contributed by atoms with Gasteiger partial charge in [0.1, 0.15) is 5.69 Å². The summed E-state index contributed by atoms with van der Waals surface area (Å²) < 4.78 is 1.37. The highest BCUT2D eigenvalue weighted by atomic mass is 32.1. The minimum Gasteiger partial charge on any atom is -0.389 e. The Morgan fingerprint density at radius 3 is 3.00 bits per heavy atom. The van der Waals surface area contributed by atoms with E-state index in [1.807, 2.05) is 35.7 Å². The first-order valence-corrected chi connectivity index (χ1v) is 9.80. The standard InChI is InChI=1S/C19H19N5O3S/c25-13-9-21-19(27)16-8-14(23-24(16)10-13)18(26)20-7-6-17-22-15(11-28-17)12-4-2-1-3-5-12/h1-5,8,11,13,25H,6-7,9-10H2,(H,20,26)(H,21,27)/t13-/m1/s1. The maximum atomic E-state index is 12.4. The van der Waals surface area contributed by atoms with Crippen LogP contribution in [0.4, 0.5) is 0 Å². The fraction of sp³-hybridized carbons (Fsp3) is 0.263. The number of hydrogen-bond acceptors (Lipinski definition) is 6. The van der Waals surface area contributed by atoms with Gasteiger partial charge in [-0.15, -0.1) is 11.3 Å². The van der Waals surface area contributed by atoms with E-state index in [1.165, 1.54) is 10.7 Å². The maximum Gasteiger partial charge on any atom is 0.271 e. The summed E-state index contributed by atoms with van der Waals surface area (Å²) in [5, 5.41) is 22.3. The Morgan fingerprint density at radius 1 is 1.36 bits per heavy atom. The first-order valence-electron chi connectivity index (χ1n) is 8.92. The van der Waals surface area contributed by atoms with Crippen molar-refractivity contribution >= 4 is 23.2 Å². The number of nitrogens with one attached hydrogen (secondary N) is 2. The van der Waals surface area contributed by atoms with Crippen LogP contribution in [0.15, 0.2) is 41.8 Å². The summed E-state index contributed by atoms with van der Waals surface area (Å²) in [7, 11) is 0. The van der Waals surface area contributed by atoms with Crippen LogP contribution < -0.4 is 10.6 Å². The van der Waals surface area contributed by atoms with Crippen molar-refractivity contribution in [3.63, 3.8) is 0 Å². The molecule has 0 saturated heterocycles. The van der Waals surface area contributed by atoms with E-state index < -0.39 is 6.10 Å². The smallest absolute Gasteiger partial charge is 0.271 e. The van der Waals surface area contributed by atoms with E-state index in [2.05, 4.69) is 20.7 Å². The van der Waals surface area contributed by atoms with Gasteiger partial charge in [-0.1, -0.05) is 30.3 Å². The summed E-state index contributed by atoms with van der Waals surface area (Å²) in [6, 6.07) is 11.4. The molecule has 1 aliphatic heterocycles. The average Bonchev–Trinajstić information content (AvgIpc) is 3.31. The van der Waals surface area contributed by atoms with E-state index in [0.29, 0.717) is 13.0 Å². The van der Waals surface area contributed by atoms with E-state index >= 15 is 0 Å². The second-order valence-electron chi connectivity index (χ2n) is 6.46. The molecule has 0 radical (unpaired) electrons. The molecule has 1 aromatic carbocycles. The number of fused-ring (bicyclic) bond motifs is 1. The number of nitrogens with zero attached hydrogens (tertiary/aromatic N) is 3. The first kappa shape index (κ1) is 18.3. The number of β-amino-alcohol motifs (C(OH)–C–C–N with tert-alkyl or cyclic N) is 1. The molecule has 8 nitrogen and oxygen atoms in total. The van der Waals surface area contributed by atoms with E-state index in [4.69, 9.17) is 0 Å². The van der Waals surface area contributed by atoms with Crippen LogP contribution in [-0.4, -0.2) is 50.9 Å². The summed E-state index contributed by atoms with van der Waals surface area (Å²) in [5.41, 5.74) is 2.42. The van der Waals surface area contributed by atoms with Crippen molar-refractivity contribution in [1.29, 1.82) is 0 Å². The van der Waals surface area contributed by atoms with Crippen molar-refractivity contribution in [3.05, 3.63) is 58.2 Å². The third kappa shape index (κ3) is 3.95. The molecule has 4 rings (SSSR count). The minimum atomic E-state index is -0.732. The Kier molecular flexibility index (Phi) is 5.18. The predicted molar refractivity (Wildman–Crippen MR) is 104 cm³/mol. The van der Waals surface area contributed by atoms with E-state index in [0.717, 1.165) is 16.3 Å². The van der Waals surface area contributed by atoms with Gasteiger partial charge in [0.25, 0.3) is 11.8 Å². The molecule has 2 aromatic heterocycles. The zero-order valence-electron chi connectivity index (χ0n) is 15.0. The third-order valence-corrected chi connectivity index (χ3v) is 5.28. The lowest BCUT2D eigenvalue weighted by molar-refractivity contribution is 0.0931. The summed E-state index contributed by atoms with van der Waals surface area (Å²) in [6.07, 6.45) is -0.125. The molecule has 0 unspecified atom stereocenters. The highest BCUT2D eigenvalue weighted by molar-refractivity contribution is 7.09. The number of carbonyl (C=O) groups is 2. The monoisotopic (exact) mass is 397 g/mol. The molecule has 0 bridgehead atoms. The third-order valence-electron chi connectivity index (χ3n) is 4.37. The minimum absolute atomic E-state index is 0.156. The molecular formula is C19H19N5O3S. The van der Waals surface area contributed by atoms with Gasteiger partial charge in [-0.05, 0) is 0 Å². The summed E-state index contributed by atoms with van der Waals surface area (Å²) >= 11 is 1.55. The van der Waals surface area contributed by atoms with E-state index in [-0.39, 0.29) is 36.3 Å². The van der Waals surface area contributed by atoms with Gasteiger partial charge >= 0.3 is 0 Å². The van der Waals surface area contributed by atoms with Gasteiger partial charge in [0.15, 0.2) is 5.69 Å². The fourth-order valence-electron chi connectivity index (χ4n) is 2.96. The molecule has 28 heavy (non-hydrogen) atoms. The van der Waals surface area contributed by atoms with Crippen LogP contribution in [0.2, 0.25) is 0 Å². The Hall–Kier alpha value is -3.04. The van der Waals surface area contributed by atoms with Gasteiger partial charge in [-0.2, -0.15) is 5.10 Å². The Morgan fingerprint density at radius 2 is 2.18 bits per heavy atom. The number of hydrogen-bond donors (Lipinski definition) is 3. The van der Waals surface area contributed by atoms with Gasteiger partial charge in [-0.25, -0.2) is 4.98 Å². The maximum absolute atomic E-state index is 12.4. The SMILES string of the molecule is O=C(NCCc1nc(-c2ccccc2)cs1)c1cc2n(n1)C[C@H](O)CNC2=O. The fourth-order valence-corrected chi connectivity index (χ4v) is 3.76. The van der Waals surface area contributed by atoms with Crippen molar-refractivity contribution in [1.82, 2.24) is 25.4 Å².